The van der Waals surface area contributed by atoms with Crippen molar-refractivity contribution in [3.63, 3.8) is 0 Å². The summed E-state index contributed by atoms with van der Waals surface area (Å²) in [5.41, 5.74) is 0.942. The number of allylic oxidation sites excluding steroid dienone is 5. The number of benzene rings is 1. The smallest absolute Gasteiger partial charge is 0.343 e. The zero-order valence-corrected chi connectivity index (χ0v) is 13.6. The summed E-state index contributed by atoms with van der Waals surface area (Å²) in [5, 5.41) is 0. The summed E-state index contributed by atoms with van der Waals surface area (Å²) in [6, 6.07) is 4.98. The highest BCUT2D eigenvalue weighted by Crippen LogP contribution is 2.37. The topological polar surface area (TPSA) is 52.6 Å². The number of ether oxygens (including phenoxy) is 2. The maximum Gasteiger partial charge on any atom is 0.343 e. The second-order valence-corrected chi connectivity index (χ2v) is 6.12. The summed E-state index contributed by atoms with van der Waals surface area (Å²) in [5.74, 6) is -0.269. The molecular formula is C20H18O4. The quantitative estimate of drug-likeness (QED) is 0.482. The van der Waals surface area contributed by atoms with Crippen molar-refractivity contribution in [1.29, 1.82) is 0 Å². The van der Waals surface area contributed by atoms with Gasteiger partial charge in [-0.25, -0.2) is 4.79 Å². The van der Waals surface area contributed by atoms with Crippen molar-refractivity contribution in [3.05, 3.63) is 72.4 Å². The molecule has 0 radical (unpaired) electrons. The molecule has 1 heterocycles. The molecule has 0 fully saturated rings. The van der Waals surface area contributed by atoms with Crippen LogP contribution in [0.15, 0.2) is 66.8 Å². The zero-order valence-electron chi connectivity index (χ0n) is 13.6. The van der Waals surface area contributed by atoms with Crippen molar-refractivity contribution < 1.29 is 19.1 Å². The molecule has 0 spiro atoms. The summed E-state index contributed by atoms with van der Waals surface area (Å²) in [6.45, 7) is 7.57. The molecule has 3 rings (SSSR count). The van der Waals surface area contributed by atoms with Gasteiger partial charge in [-0.15, -0.1) is 6.58 Å². The number of fused-ring (bicyclic) bond motifs is 1. The number of hydrogen-bond donors (Lipinski definition) is 0. The van der Waals surface area contributed by atoms with E-state index in [1.165, 1.54) is 0 Å². The minimum absolute atomic E-state index is 0.293. The lowest BCUT2D eigenvalue weighted by atomic mass is 9.90. The van der Waals surface area contributed by atoms with Gasteiger partial charge in [0.05, 0.1) is 11.5 Å². The third-order valence-electron chi connectivity index (χ3n) is 4.25. The average molecular weight is 322 g/mol. The minimum atomic E-state index is -0.471. The second-order valence-electron chi connectivity index (χ2n) is 6.12. The second kappa shape index (κ2) is 5.96. The maximum atomic E-state index is 12.3. The van der Waals surface area contributed by atoms with Gasteiger partial charge in [0.25, 0.3) is 0 Å². The molecule has 2 unspecified atom stereocenters. The lowest BCUT2D eigenvalue weighted by Gasteiger charge is -2.14. The van der Waals surface area contributed by atoms with Gasteiger partial charge in [0.2, 0.25) is 0 Å². The fourth-order valence-corrected chi connectivity index (χ4v) is 2.53. The Morgan fingerprint density at radius 3 is 2.92 bits per heavy atom. The van der Waals surface area contributed by atoms with Crippen LogP contribution in [0.3, 0.4) is 0 Å². The molecule has 0 N–H and O–H groups in total. The van der Waals surface area contributed by atoms with E-state index in [-0.39, 0.29) is 17.3 Å². The fraction of sp³-hybridized carbons (Fsp3) is 0.200. The molecule has 4 nitrogen and oxygen atoms in total. The predicted molar refractivity (Wildman–Crippen MR) is 90.8 cm³/mol. The number of hydrogen-bond acceptors (Lipinski definition) is 4. The first-order chi connectivity index (χ1) is 11.4. The molecule has 2 aliphatic rings. The normalized spacial score (nSPS) is 24.7. The van der Waals surface area contributed by atoms with Gasteiger partial charge in [-0.05, 0) is 26.0 Å². The molecule has 1 aromatic rings. The monoisotopic (exact) mass is 322 g/mol. The first-order valence-corrected chi connectivity index (χ1v) is 7.72. The van der Waals surface area contributed by atoms with Crippen molar-refractivity contribution in [2.24, 2.45) is 5.41 Å². The molecule has 0 saturated heterocycles. The number of esters is 2. The summed E-state index contributed by atoms with van der Waals surface area (Å²) in [7, 11) is 0. The molecule has 1 aliphatic carbocycles. The van der Waals surface area contributed by atoms with Gasteiger partial charge in [-0.1, -0.05) is 36.4 Å². The Morgan fingerprint density at radius 2 is 2.17 bits per heavy atom. The van der Waals surface area contributed by atoms with E-state index in [9.17, 15) is 9.59 Å². The summed E-state index contributed by atoms with van der Waals surface area (Å²) >= 11 is 0. The van der Waals surface area contributed by atoms with E-state index in [1.54, 1.807) is 43.4 Å². The van der Waals surface area contributed by atoms with E-state index >= 15 is 0 Å². The number of carbonyl (C=O) groups excluding carboxylic acids is 2. The van der Waals surface area contributed by atoms with E-state index in [0.717, 1.165) is 5.56 Å². The van der Waals surface area contributed by atoms with Gasteiger partial charge >= 0.3 is 11.9 Å². The SMILES string of the molecule is C=CC1(C)C=CC=C(C(=O)Oc2ccc3c(c2)OC(=O)C3C)C=C1. The maximum absolute atomic E-state index is 12.3. The van der Waals surface area contributed by atoms with Crippen molar-refractivity contribution in [3.8, 4) is 11.5 Å². The third-order valence-corrected chi connectivity index (χ3v) is 4.25. The van der Waals surface area contributed by atoms with Crippen LogP contribution >= 0.6 is 0 Å². The number of carbonyl (C=O) groups is 2. The van der Waals surface area contributed by atoms with E-state index in [4.69, 9.17) is 9.47 Å². The molecule has 0 saturated carbocycles. The van der Waals surface area contributed by atoms with Crippen LogP contribution in [0.5, 0.6) is 11.5 Å². The fourth-order valence-electron chi connectivity index (χ4n) is 2.53. The average Bonchev–Trinajstić information content (AvgIpc) is 2.73. The lowest BCUT2D eigenvalue weighted by molar-refractivity contribution is -0.133. The molecule has 0 bridgehead atoms. The van der Waals surface area contributed by atoms with Gasteiger partial charge in [0.15, 0.2) is 0 Å². The third kappa shape index (κ3) is 2.95. The molecule has 1 aliphatic heterocycles. The van der Waals surface area contributed by atoms with Crippen LogP contribution < -0.4 is 9.47 Å². The Kier molecular flexibility index (Phi) is 3.97. The lowest BCUT2D eigenvalue weighted by Crippen LogP contribution is -2.10. The summed E-state index contributed by atoms with van der Waals surface area (Å²) < 4.78 is 10.6. The standard InChI is InChI=1S/C20H18O4/c1-4-20(3)10-5-6-14(9-11-20)19(22)23-15-7-8-16-13(2)18(21)24-17(16)12-15/h4-13H,1H2,2-3H3. The molecule has 2 atom stereocenters. The highest BCUT2D eigenvalue weighted by molar-refractivity contribution is 5.94. The highest BCUT2D eigenvalue weighted by Gasteiger charge is 2.29. The van der Waals surface area contributed by atoms with Crippen molar-refractivity contribution in [2.45, 2.75) is 19.8 Å². The Bertz CT molecular complexity index is 813. The molecule has 0 aromatic heterocycles. The van der Waals surface area contributed by atoms with Crippen LogP contribution in [-0.4, -0.2) is 11.9 Å². The van der Waals surface area contributed by atoms with Gasteiger partial charge in [-0.3, -0.25) is 4.79 Å². The Morgan fingerprint density at radius 1 is 1.38 bits per heavy atom. The van der Waals surface area contributed by atoms with Crippen LogP contribution in [0.1, 0.15) is 25.3 Å². The molecule has 122 valence electrons. The Hall–Kier alpha value is -2.88. The molecule has 24 heavy (non-hydrogen) atoms. The molecule has 1 aromatic carbocycles. The Labute approximate surface area is 140 Å². The minimum Gasteiger partial charge on any atom is -0.426 e. The van der Waals surface area contributed by atoms with Crippen molar-refractivity contribution in [1.82, 2.24) is 0 Å². The Balaban J connectivity index is 1.77. The highest BCUT2D eigenvalue weighted by atomic mass is 16.5. The van der Waals surface area contributed by atoms with Crippen LogP contribution in [0.4, 0.5) is 0 Å². The van der Waals surface area contributed by atoms with Gasteiger partial charge in [0, 0.05) is 17.0 Å². The molecule has 0 amide bonds. The predicted octanol–water partition coefficient (Wildman–Crippen LogP) is 3.86. The largest absolute Gasteiger partial charge is 0.426 e. The van der Waals surface area contributed by atoms with E-state index in [1.807, 2.05) is 25.2 Å². The summed E-state index contributed by atoms with van der Waals surface area (Å²) in [6.07, 6.45) is 10.9. The van der Waals surface area contributed by atoms with E-state index < -0.39 is 5.97 Å². The van der Waals surface area contributed by atoms with Gasteiger partial charge < -0.3 is 9.47 Å². The van der Waals surface area contributed by atoms with Crippen LogP contribution in [0, 0.1) is 5.41 Å². The van der Waals surface area contributed by atoms with Crippen molar-refractivity contribution >= 4 is 11.9 Å². The molecular weight excluding hydrogens is 304 g/mol. The van der Waals surface area contributed by atoms with E-state index in [0.29, 0.717) is 17.1 Å². The summed E-state index contributed by atoms with van der Waals surface area (Å²) in [4.78, 5) is 23.9. The molecule has 4 heteroatoms. The van der Waals surface area contributed by atoms with E-state index in [2.05, 4.69) is 6.58 Å². The zero-order chi connectivity index (χ0) is 17.3. The first kappa shape index (κ1) is 16.0. The van der Waals surface area contributed by atoms with Gasteiger partial charge in [-0.2, -0.15) is 0 Å². The van der Waals surface area contributed by atoms with Crippen LogP contribution in [0.25, 0.3) is 0 Å². The number of rotatable bonds is 3. The first-order valence-electron chi connectivity index (χ1n) is 7.72. The van der Waals surface area contributed by atoms with Crippen LogP contribution in [-0.2, 0) is 9.59 Å². The van der Waals surface area contributed by atoms with Gasteiger partial charge in [0.1, 0.15) is 11.5 Å². The van der Waals surface area contributed by atoms with Crippen LogP contribution in [0.2, 0.25) is 0 Å². The van der Waals surface area contributed by atoms with Crippen molar-refractivity contribution in [2.75, 3.05) is 0 Å².